The molecule has 0 aliphatic rings. The van der Waals surface area contributed by atoms with Crippen molar-refractivity contribution >= 4 is 17.6 Å². The van der Waals surface area contributed by atoms with Crippen molar-refractivity contribution < 1.29 is 9.53 Å². The van der Waals surface area contributed by atoms with Crippen molar-refractivity contribution in [2.45, 2.75) is 13.3 Å². The number of rotatable bonds is 2. The molecule has 0 bridgehead atoms. The molecule has 0 fully saturated rings. The van der Waals surface area contributed by atoms with E-state index in [4.69, 9.17) is 16.9 Å². The van der Waals surface area contributed by atoms with Crippen LogP contribution in [0, 0.1) is 18.3 Å². The Morgan fingerprint density at radius 1 is 1.60 bits per heavy atom. The standard InChI is InChI=1S/C11H10ClNO2/c1-7-3-4-8(6-13)9(11(7)12)5-10(14)15-2/h3-4H,5H2,1-2H3. The molecule has 0 amide bonds. The molecule has 1 rings (SSSR count). The number of methoxy groups -OCH3 is 1. The molecule has 1 aromatic rings. The van der Waals surface area contributed by atoms with Crippen molar-refractivity contribution in [1.29, 1.82) is 5.26 Å². The third kappa shape index (κ3) is 2.48. The Labute approximate surface area is 93.2 Å². The van der Waals surface area contributed by atoms with E-state index < -0.39 is 5.97 Å². The summed E-state index contributed by atoms with van der Waals surface area (Å²) in [6.45, 7) is 1.82. The summed E-state index contributed by atoms with van der Waals surface area (Å²) in [5, 5.41) is 9.32. The smallest absolute Gasteiger partial charge is 0.310 e. The quantitative estimate of drug-likeness (QED) is 0.723. The first-order valence-corrected chi connectivity index (χ1v) is 4.72. The van der Waals surface area contributed by atoms with Crippen molar-refractivity contribution in [2.75, 3.05) is 7.11 Å². The van der Waals surface area contributed by atoms with Gasteiger partial charge in [0.05, 0.1) is 25.2 Å². The Kier molecular flexibility index (Phi) is 3.70. The van der Waals surface area contributed by atoms with E-state index in [1.54, 1.807) is 12.1 Å². The van der Waals surface area contributed by atoms with E-state index in [9.17, 15) is 4.79 Å². The number of benzene rings is 1. The fourth-order valence-corrected chi connectivity index (χ4v) is 1.46. The number of nitrogens with zero attached hydrogens (tertiary/aromatic N) is 1. The number of hydrogen-bond acceptors (Lipinski definition) is 3. The summed E-state index contributed by atoms with van der Waals surface area (Å²) in [4.78, 5) is 11.1. The zero-order chi connectivity index (χ0) is 11.4. The number of aryl methyl sites for hydroxylation is 1. The number of esters is 1. The molecule has 0 unspecified atom stereocenters. The lowest BCUT2D eigenvalue weighted by molar-refractivity contribution is -0.139. The molecule has 0 saturated heterocycles. The van der Waals surface area contributed by atoms with E-state index in [-0.39, 0.29) is 6.42 Å². The Bertz CT molecular complexity index is 435. The summed E-state index contributed by atoms with van der Waals surface area (Å²) in [5.41, 5.74) is 1.79. The van der Waals surface area contributed by atoms with Gasteiger partial charge in [0, 0.05) is 5.02 Å². The minimum absolute atomic E-state index is 0.0277. The summed E-state index contributed by atoms with van der Waals surface area (Å²) in [6, 6.07) is 5.40. The Morgan fingerprint density at radius 3 is 2.80 bits per heavy atom. The number of carbonyl (C=O) groups excluding carboxylic acids is 1. The number of ether oxygens (including phenoxy) is 1. The summed E-state index contributed by atoms with van der Waals surface area (Å²) in [5.74, 6) is -0.404. The highest BCUT2D eigenvalue weighted by molar-refractivity contribution is 6.32. The third-order valence-corrected chi connectivity index (χ3v) is 2.63. The highest BCUT2D eigenvalue weighted by atomic mass is 35.5. The Balaban J connectivity index is 3.19. The van der Waals surface area contributed by atoms with Gasteiger partial charge in [0.25, 0.3) is 0 Å². The molecule has 0 spiro atoms. The topological polar surface area (TPSA) is 50.1 Å². The van der Waals surface area contributed by atoms with Gasteiger partial charge in [-0.15, -0.1) is 0 Å². The van der Waals surface area contributed by atoms with Crippen LogP contribution >= 0.6 is 11.6 Å². The van der Waals surface area contributed by atoms with E-state index >= 15 is 0 Å². The van der Waals surface area contributed by atoms with Crippen LogP contribution in [0.2, 0.25) is 5.02 Å². The largest absolute Gasteiger partial charge is 0.469 e. The fraction of sp³-hybridized carbons (Fsp3) is 0.273. The van der Waals surface area contributed by atoms with Crippen molar-refractivity contribution in [2.24, 2.45) is 0 Å². The summed E-state index contributed by atoms with van der Waals surface area (Å²) in [6.07, 6.45) is 0.0277. The first-order chi connectivity index (χ1) is 7.10. The maximum atomic E-state index is 11.1. The molecule has 0 atom stereocenters. The van der Waals surface area contributed by atoms with E-state index in [1.165, 1.54) is 7.11 Å². The third-order valence-electron chi connectivity index (χ3n) is 2.11. The highest BCUT2D eigenvalue weighted by Gasteiger charge is 2.13. The van der Waals surface area contributed by atoms with Crippen molar-refractivity contribution in [1.82, 2.24) is 0 Å². The van der Waals surface area contributed by atoms with Crippen LogP contribution in [0.25, 0.3) is 0 Å². The highest BCUT2D eigenvalue weighted by Crippen LogP contribution is 2.24. The maximum absolute atomic E-state index is 11.1. The molecule has 0 radical (unpaired) electrons. The van der Waals surface area contributed by atoms with Crippen LogP contribution < -0.4 is 0 Å². The number of nitriles is 1. The molecule has 15 heavy (non-hydrogen) atoms. The predicted octanol–water partition coefficient (Wildman–Crippen LogP) is 2.24. The molecular weight excluding hydrogens is 214 g/mol. The molecule has 0 heterocycles. The summed E-state index contributed by atoms with van der Waals surface area (Å²) >= 11 is 6.02. The van der Waals surface area contributed by atoms with Gasteiger partial charge in [0.2, 0.25) is 0 Å². The molecule has 0 saturated carbocycles. The predicted molar refractivity (Wildman–Crippen MR) is 56.6 cm³/mol. The van der Waals surface area contributed by atoms with Gasteiger partial charge in [-0.3, -0.25) is 4.79 Å². The Morgan fingerprint density at radius 2 is 2.27 bits per heavy atom. The van der Waals surface area contributed by atoms with Crippen molar-refractivity contribution in [3.63, 3.8) is 0 Å². The second kappa shape index (κ2) is 4.81. The van der Waals surface area contributed by atoms with Crippen LogP contribution in [0.4, 0.5) is 0 Å². The summed E-state index contributed by atoms with van der Waals surface area (Å²) in [7, 11) is 1.30. The molecule has 0 aliphatic carbocycles. The average molecular weight is 224 g/mol. The van der Waals surface area contributed by atoms with Crippen LogP contribution in [-0.2, 0) is 16.0 Å². The summed E-state index contributed by atoms with van der Waals surface area (Å²) < 4.78 is 4.54. The van der Waals surface area contributed by atoms with Gasteiger partial charge in [0.1, 0.15) is 0 Å². The van der Waals surface area contributed by atoms with E-state index in [0.29, 0.717) is 16.1 Å². The van der Waals surface area contributed by atoms with Gasteiger partial charge >= 0.3 is 5.97 Å². The fourth-order valence-electron chi connectivity index (χ4n) is 1.23. The molecule has 1 aromatic carbocycles. The molecule has 78 valence electrons. The maximum Gasteiger partial charge on any atom is 0.310 e. The van der Waals surface area contributed by atoms with E-state index in [0.717, 1.165) is 5.56 Å². The molecule has 4 heteroatoms. The molecule has 0 aliphatic heterocycles. The first kappa shape index (κ1) is 11.5. The molecule has 0 aromatic heterocycles. The lowest BCUT2D eigenvalue weighted by atomic mass is 10.0. The van der Waals surface area contributed by atoms with Gasteiger partial charge in [-0.1, -0.05) is 17.7 Å². The van der Waals surface area contributed by atoms with Crippen LogP contribution in [0.15, 0.2) is 12.1 Å². The number of halogens is 1. The van der Waals surface area contributed by atoms with Crippen LogP contribution in [0.3, 0.4) is 0 Å². The van der Waals surface area contributed by atoms with Gasteiger partial charge in [-0.05, 0) is 24.1 Å². The SMILES string of the molecule is COC(=O)Cc1c(C#N)ccc(C)c1Cl. The first-order valence-electron chi connectivity index (χ1n) is 4.35. The van der Waals surface area contributed by atoms with Gasteiger partial charge < -0.3 is 4.74 Å². The molecule has 3 nitrogen and oxygen atoms in total. The van der Waals surface area contributed by atoms with Crippen LogP contribution in [-0.4, -0.2) is 13.1 Å². The second-order valence-corrected chi connectivity index (χ2v) is 3.47. The lowest BCUT2D eigenvalue weighted by Gasteiger charge is -2.07. The minimum atomic E-state index is -0.404. The average Bonchev–Trinajstić information content (AvgIpc) is 2.25. The molecular formula is C11H10ClNO2. The lowest BCUT2D eigenvalue weighted by Crippen LogP contribution is -2.07. The van der Waals surface area contributed by atoms with Crippen LogP contribution in [0.1, 0.15) is 16.7 Å². The zero-order valence-electron chi connectivity index (χ0n) is 8.50. The number of hydrogen-bond donors (Lipinski definition) is 0. The van der Waals surface area contributed by atoms with Gasteiger partial charge in [0.15, 0.2) is 0 Å². The normalized spacial score (nSPS) is 9.47. The van der Waals surface area contributed by atoms with Crippen molar-refractivity contribution in [3.05, 3.63) is 33.8 Å². The minimum Gasteiger partial charge on any atom is -0.469 e. The monoisotopic (exact) mass is 223 g/mol. The van der Waals surface area contributed by atoms with Gasteiger partial charge in [-0.25, -0.2) is 0 Å². The van der Waals surface area contributed by atoms with E-state index in [2.05, 4.69) is 4.74 Å². The van der Waals surface area contributed by atoms with E-state index in [1.807, 2.05) is 13.0 Å². The van der Waals surface area contributed by atoms with Crippen molar-refractivity contribution in [3.8, 4) is 6.07 Å². The Hall–Kier alpha value is -1.53. The molecule has 0 N–H and O–H groups in total. The second-order valence-electron chi connectivity index (χ2n) is 3.09. The van der Waals surface area contributed by atoms with Crippen LogP contribution in [0.5, 0.6) is 0 Å². The number of carbonyl (C=O) groups is 1. The zero-order valence-corrected chi connectivity index (χ0v) is 9.26. The van der Waals surface area contributed by atoms with Gasteiger partial charge in [-0.2, -0.15) is 5.26 Å².